The van der Waals surface area contributed by atoms with E-state index in [2.05, 4.69) is 20.8 Å². The first kappa shape index (κ1) is 16.7. The first-order valence-electron chi connectivity index (χ1n) is 3.06. The Morgan fingerprint density at radius 3 is 1.89 bits per heavy atom. The van der Waals surface area contributed by atoms with E-state index in [9.17, 15) is 0 Å². The molecule has 0 rings (SSSR count). The standard InChI is InChI=1S/C7H15.BrH.Mg/c1-4-5-6-7(2)3;;/h7H,1,4-6H2,2-3H3;1H;/q-1;;+2/p-1. The van der Waals surface area contributed by atoms with Crippen molar-refractivity contribution in [3.05, 3.63) is 6.92 Å². The summed E-state index contributed by atoms with van der Waals surface area (Å²) in [7, 11) is 0. The molecule has 0 saturated carbocycles. The number of unbranched alkanes of at least 4 members (excludes halogenated alkanes) is 1. The van der Waals surface area contributed by atoms with Gasteiger partial charge in [0.2, 0.25) is 0 Å². The molecule has 0 aromatic carbocycles. The average molecular weight is 203 g/mol. The smallest absolute Gasteiger partial charge is 1.00 e. The number of halogens is 1. The van der Waals surface area contributed by atoms with Crippen LogP contribution in [0, 0.1) is 12.8 Å². The molecule has 0 N–H and O–H groups in total. The van der Waals surface area contributed by atoms with Gasteiger partial charge in [0.25, 0.3) is 0 Å². The summed E-state index contributed by atoms with van der Waals surface area (Å²) in [5.74, 6) is 0.863. The molecule has 0 saturated heterocycles. The Morgan fingerprint density at radius 2 is 1.78 bits per heavy atom. The molecule has 0 unspecified atom stereocenters. The van der Waals surface area contributed by atoms with Gasteiger partial charge in [-0.15, -0.1) is 0 Å². The first-order valence-corrected chi connectivity index (χ1v) is 3.06. The molecule has 0 aromatic heterocycles. The fourth-order valence-corrected chi connectivity index (χ4v) is 0.553. The Bertz CT molecular complexity index is 37.9. The summed E-state index contributed by atoms with van der Waals surface area (Å²) in [6.07, 6.45) is 3.72. The van der Waals surface area contributed by atoms with Gasteiger partial charge in [0.15, 0.2) is 0 Å². The summed E-state index contributed by atoms with van der Waals surface area (Å²) in [5.41, 5.74) is 0. The van der Waals surface area contributed by atoms with Gasteiger partial charge < -0.3 is 23.9 Å². The maximum Gasteiger partial charge on any atom is 2.00 e. The van der Waals surface area contributed by atoms with Crippen molar-refractivity contribution >= 4 is 23.1 Å². The van der Waals surface area contributed by atoms with Crippen LogP contribution in [-0.2, 0) is 0 Å². The molecule has 0 atom stereocenters. The zero-order chi connectivity index (χ0) is 5.70. The predicted molar refractivity (Wildman–Crippen MR) is 39.8 cm³/mol. The van der Waals surface area contributed by atoms with Gasteiger partial charge in [-0.3, -0.25) is 0 Å². The van der Waals surface area contributed by atoms with Crippen LogP contribution >= 0.6 is 0 Å². The zero-order valence-electron chi connectivity index (χ0n) is 6.49. The molecule has 0 heterocycles. The van der Waals surface area contributed by atoms with Gasteiger partial charge in [-0.05, 0) is 5.92 Å². The van der Waals surface area contributed by atoms with E-state index in [1.54, 1.807) is 0 Å². The summed E-state index contributed by atoms with van der Waals surface area (Å²) < 4.78 is 0. The second-order valence-electron chi connectivity index (χ2n) is 2.39. The van der Waals surface area contributed by atoms with Gasteiger partial charge >= 0.3 is 23.1 Å². The second-order valence-corrected chi connectivity index (χ2v) is 2.39. The van der Waals surface area contributed by atoms with Crippen LogP contribution in [0.15, 0.2) is 0 Å². The Balaban J connectivity index is -0.000000180. The fourth-order valence-electron chi connectivity index (χ4n) is 0.553. The first-order chi connectivity index (χ1) is 3.27. The minimum Gasteiger partial charge on any atom is -1.00 e. The third kappa shape index (κ3) is 17.6. The largest absolute Gasteiger partial charge is 2.00 e. The SMILES string of the molecule is [Br-].[CH2-]CCCC(C)C.[Mg+2]. The van der Waals surface area contributed by atoms with Crippen LogP contribution in [0.1, 0.15) is 33.1 Å². The molecule has 0 aliphatic carbocycles. The maximum absolute atomic E-state index is 3.76. The van der Waals surface area contributed by atoms with Crippen LogP contribution in [0.3, 0.4) is 0 Å². The fraction of sp³-hybridized carbons (Fsp3) is 0.857. The number of hydrogen-bond acceptors (Lipinski definition) is 0. The topological polar surface area (TPSA) is 0 Å². The Labute approximate surface area is 85.7 Å². The molecular formula is C7H15BrMg. The van der Waals surface area contributed by atoms with E-state index in [1.807, 2.05) is 0 Å². The summed E-state index contributed by atoms with van der Waals surface area (Å²) >= 11 is 0. The van der Waals surface area contributed by atoms with Crippen molar-refractivity contribution in [2.24, 2.45) is 5.92 Å². The van der Waals surface area contributed by atoms with Crippen molar-refractivity contribution in [1.29, 1.82) is 0 Å². The number of hydrogen-bond donors (Lipinski definition) is 0. The van der Waals surface area contributed by atoms with Gasteiger partial charge in [0.1, 0.15) is 0 Å². The monoisotopic (exact) mass is 202 g/mol. The third-order valence-electron chi connectivity index (χ3n) is 1.03. The van der Waals surface area contributed by atoms with Gasteiger partial charge in [0.05, 0.1) is 0 Å². The summed E-state index contributed by atoms with van der Waals surface area (Å²) in [6.45, 7) is 8.25. The van der Waals surface area contributed by atoms with Crippen molar-refractivity contribution in [2.75, 3.05) is 0 Å². The molecule has 0 aliphatic heterocycles. The van der Waals surface area contributed by atoms with Crippen LogP contribution in [0.5, 0.6) is 0 Å². The van der Waals surface area contributed by atoms with Gasteiger partial charge in [-0.2, -0.15) is 6.42 Å². The van der Waals surface area contributed by atoms with Crippen molar-refractivity contribution in [3.8, 4) is 0 Å². The molecule has 0 aliphatic rings. The summed E-state index contributed by atoms with van der Waals surface area (Å²) in [6, 6.07) is 0. The molecule has 2 heteroatoms. The molecule has 0 amide bonds. The molecule has 0 aromatic rings. The van der Waals surface area contributed by atoms with Crippen molar-refractivity contribution in [2.45, 2.75) is 33.1 Å². The van der Waals surface area contributed by atoms with E-state index in [-0.39, 0.29) is 40.0 Å². The molecule has 0 radical (unpaired) electrons. The van der Waals surface area contributed by atoms with E-state index in [0.717, 1.165) is 12.3 Å². The molecule has 0 bridgehead atoms. The van der Waals surface area contributed by atoms with Crippen LogP contribution < -0.4 is 17.0 Å². The van der Waals surface area contributed by atoms with Crippen LogP contribution in [0.4, 0.5) is 0 Å². The van der Waals surface area contributed by atoms with E-state index < -0.39 is 0 Å². The van der Waals surface area contributed by atoms with E-state index in [4.69, 9.17) is 0 Å². The zero-order valence-corrected chi connectivity index (χ0v) is 9.49. The summed E-state index contributed by atoms with van der Waals surface area (Å²) in [4.78, 5) is 0. The minimum absolute atomic E-state index is 0. The Morgan fingerprint density at radius 1 is 1.33 bits per heavy atom. The third-order valence-corrected chi connectivity index (χ3v) is 1.03. The van der Waals surface area contributed by atoms with Crippen molar-refractivity contribution < 1.29 is 17.0 Å². The van der Waals surface area contributed by atoms with Crippen LogP contribution in [0.25, 0.3) is 0 Å². The van der Waals surface area contributed by atoms with E-state index in [0.29, 0.717) is 0 Å². The van der Waals surface area contributed by atoms with Gasteiger partial charge in [0, 0.05) is 0 Å². The average Bonchev–Trinajstić information content (AvgIpc) is 1.61. The van der Waals surface area contributed by atoms with Crippen LogP contribution in [0.2, 0.25) is 0 Å². The Kier molecular flexibility index (Phi) is 22.2. The molecule has 9 heavy (non-hydrogen) atoms. The minimum atomic E-state index is 0. The normalized spacial score (nSPS) is 8.00. The van der Waals surface area contributed by atoms with E-state index >= 15 is 0 Å². The maximum atomic E-state index is 3.76. The van der Waals surface area contributed by atoms with Gasteiger partial charge in [-0.1, -0.05) is 26.7 Å². The molecule has 0 spiro atoms. The number of rotatable bonds is 3. The molecule has 52 valence electrons. The van der Waals surface area contributed by atoms with Crippen LogP contribution in [-0.4, -0.2) is 23.1 Å². The van der Waals surface area contributed by atoms with Gasteiger partial charge in [-0.25, -0.2) is 0 Å². The quantitative estimate of drug-likeness (QED) is 0.419. The molecule has 0 fully saturated rings. The summed E-state index contributed by atoms with van der Waals surface area (Å²) in [5, 5.41) is 0. The van der Waals surface area contributed by atoms with Crippen molar-refractivity contribution in [1.82, 2.24) is 0 Å². The van der Waals surface area contributed by atoms with E-state index in [1.165, 1.54) is 12.8 Å². The molecule has 0 nitrogen and oxygen atoms in total. The predicted octanol–water partition coefficient (Wildman–Crippen LogP) is -0.730. The Hall–Kier alpha value is 1.25. The van der Waals surface area contributed by atoms with Crippen molar-refractivity contribution in [3.63, 3.8) is 0 Å². The molecular weight excluding hydrogens is 188 g/mol. The second kappa shape index (κ2) is 12.0.